The molecule has 31 heavy (non-hydrogen) atoms. The van der Waals surface area contributed by atoms with Gasteiger partial charge in [-0.2, -0.15) is 0 Å². The molecule has 3 heterocycles. The molecule has 6 atom stereocenters. The van der Waals surface area contributed by atoms with Gasteiger partial charge in [0.15, 0.2) is 28.8 Å². The van der Waals surface area contributed by atoms with Gasteiger partial charge in [0.2, 0.25) is 4.99 Å². The average molecular weight is 471 g/mol. The minimum absolute atomic E-state index is 0.0874. The zero-order valence-electron chi connectivity index (χ0n) is 15.8. The fourth-order valence-corrected chi connectivity index (χ4v) is 6.39. The number of nitrogens with two attached hydrogens (primary N) is 1. The first kappa shape index (κ1) is 22.1. The molecule has 5 N–H and O–H groups in total. The third kappa shape index (κ3) is 4.17. The van der Waals surface area contributed by atoms with Crippen LogP contribution in [0.5, 0.6) is 0 Å². The van der Waals surface area contributed by atoms with Gasteiger partial charge in [-0.25, -0.2) is 19.3 Å². The van der Waals surface area contributed by atoms with Gasteiger partial charge in [-0.1, -0.05) is 18.2 Å². The summed E-state index contributed by atoms with van der Waals surface area (Å²) in [6.07, 6.45) is -4.53. The Morgan fingerprint density at radius 3 is 2.68 bits per heavy atom. The van der Waals surface area contributed by atoms with Gasteiger partial charge in [0, 0.05) is 17.6 Å². The minimum Gasteiger partial charge on any atom is -0.611 e. The molecule has 1 aromatic carbocycles. The second-order valence-corrected chi connectivity index (χ2v) is 10.8. The van der Waals surface area contributed by atoms with Gasteiger partial charge in [0.05, 0.1) is 12.4 Å². The van der Waals surface area contributed by atoms with Crippen molar-refractivity contribution in [2.75, 3.05) is 5.73 Å². The van der Waals surface area contributed by atoms with Gasteiger partial charge in [-0.3, -0.25) is 9.13 Å². The van der Waals surface area contributed by atoms with E-state index < -0.39 is 54.8 Å². The van der Waals surface area contributed by atoms with Gasteiger partial charge in [-0.05, 0) is 12.1 Å². The number of alkyl halides is 1. The number of fused-ring (bicyclic) bond motifs is 1. The molecular weight excluding hydrogens is 452 g/mol. The minimum atomic E-state index is -4.91. The number of rotatable bonds is 6. The molecule has 2 unspecified atom stereocenters. The molecule has 1 aliphatic rings. The summed E-state index contributed by atoms with van der Waals surface area (Å²) in [6.45, 7) is 0. The second kappa shape index (κ2) is 8.43. The van der Waals surface area contributed by atoms with Crippen LogP contribution in [0.25, 0.3) is 11.2 Å². The van der Waals surface area contributed by atoms with Crippen LogP contribution in [-0.2, 0) is 20.5 Å². The molecule has 1 aliphatic heterocycles. The summed E-state index contributed by atoms with van der Waals surface area (Å²) < 4.78 is 46.7. The van der Waals surface area contributed by atoms with Crippen molar-refractivity contribution >= 4 is 35.8 Å². The summed E-state index contributed by atoms with van der Waals surface area (Å²) in [5.74, 6) is 0.0874. The van der Waals surface area contributed by atoms with Gasteiger partial charge >= 0.3 is 7.60 Å². The number of nitrogen functional groups attached to an aromatic ring is 1. The number of aromatic nitrogens is 4. The highest BCUT2D eigenvalue weighted by atomic mass is 32.2. The summed E-state index contributed by atoms with van der Waals surface area (Å²) in [7, 11) is -4.91. The maximum Gasteiger partial charge on any atom is 0.377 e. The van der Waals surface area contributed by atoms with Crippen LogP contribution in [0, 0.1) is 0 Å². The molecule has 1 fully saturated rings. The summed E-state index contributed by atoms with van der Waals surface area (Å²) in [5.41, 5.74) is 6.16. The molecule has 4 rings (SSSR count). The Bertz CT molecular complexity index is 1120. The van der Waals surface area contributed by atoms with Crippen LogP contribution in [-0.4, -0.2) is 62.3 Å². The van der Waals surface area contributed by atoms with Crippen LogP contribution in [0.2, 0.25) is 0 Å². The number of nitrogens with zero attached hydrogens (tertiary/aromatic N) is 4. The monoisotopic (exact) mass is 471 g/mol. The maximum absolute atomic E-state index is 14.9. The van der Waals surface area contributed by atoms with E-state index in [1.165, 1.54) is 29.4 Å². The van der Waals surface area contributed by atoms with Crippen LogP contribution < -0.4 is 5.73 Å². The SMILES string of the molecule is Nc1ncnc2c1ncn2[C@@H]1O[C@H](CC([S+]([O-])c2ccccc2)P(=O)(O)O)[C@@H](F)[C@H]1O. The zero-order valence-corrected chi connectivity index (χ0v) is 17.5. The average Bonchev–Trinajstić information content (AvgIpc) is 3.28. The standard InChI is InChI=1S/C17H19FN5O6PS/c18-12-10(6-11(30(25,26)27)31(28)9-4-2-1-3-5-9)29-17(14(12)24)23-8-22-13-15(19)20-7-21-16(13)23/h1-5,7-8,10-12,14,17,24H,6H2,(H2,19,20,21)(H2,25,26,27)/t10-,11?,12-,14-,17-,31?/m1/s1. The van der Waals surface area contributed by atoms with Gasteiger partial charge in [0.25, 0.3) is 0 Å². The lowest BCUT2D eigenvalue weighted by Crippen LogP contribution is -2.33. The molecule has 0 bridgehead atoms. The smallest absolute Gasteiger partial charge is 0.377 e. The van der Waals surface area contributed by atoms with Crippen molar-refractivity contribution in [3.63, 3.8) is 0 Å². The van der Waals surface area contributed by atoms with Crippen LogP contribution in [0.1, 0.15) is 12.6 Å². The van der Waals surface area contributed by atoms with Crippen LogP contribution in [0.3, 0.4) is 0 Å². The summed E-state index contributed by atoms with van der Waals surface area (Å²) >= 11 is -2.13. The molecule has 3 aromatic rings. The van der Waals surface area contributed by atoms with Gasteiger partial charge < -0.3 is 29.9 Å². The third-order valence-corrected chi connectivity index (χ3v) is 8.76. The van der Waals surface area contributed by atoms with E-state index in [2.05, 4.69) is 15.0 Å². The van der Waals surface area contributed by atoms with Crippen LogP contribution >= 0.6 is 7.60 Å². The normalized spacial score (nSPS) is 26.2. The number of benzene rings is 1. The lowest BCUT2D eigenvalue weighted by atomic mass is 10.1. The molecule has 2 aromatic heterocycles. The molecule has 166 valence electrons. The first-order chi connectivity index (χ1) is 14.7. The van der Waals surface area contributed by atoms with Crippen molar-refractivity contribution < 1.29 is 33.1 Å². The molecule has 0 radical (unpaired) electrons. The molecule has 1 saturated heterocycles. The lowest BCUT2D eigenvalue weighted by molar-refractivity contribution is -0.0361. The first-order valence-electron chi connectivity index (χ1n) is 9.10. The van der Waals surface area contributed by atoms with E-state index in [0.717, 1.165) is 0 Å². The van der Waals surface area contributed by atoms with Crippen molar-refractivity contribution in [3.8, 4) is 0 Å². The fourth-order valence-electron chi connectivity index (χ4n) is 3.44. The van der Waals surface area contributed by atoms with Crippen molar-refractivity contribution in [1.29, 1.82) is 0 Å². The Morgan fingerprint density at radius 2 is 2.00 bits per heavy atom. The quantitative estimate of drug-likeness (QED) is 0.295. The predicted octanol–water partition coefficient (Wildman–Crippen LogP) is 0.707. The molecule has 11 nitrogen and oxygen atoms in total. The van der Waals surface area contributed by atoms with Crippen LogP contribution in [0.4, 0.5) is 10.2 Å². The van der Waals surface area contributed by atoms with Gasteiger partial charge in [0.1, 0.15) is 17.9 Å². The van der Waals surface area contributed by atoms with Crippen LogP contribution in [0.15, 0.2) is 47.9 Å². The van der Waals surface area contributed by atoms with Crippen molar-refractivity contribution in [1.82, 2.24) is 19.5 Å². The maximum atomic E-state index is 14.9. The fraction of sp³-hybridized carbons (Fsp3) is 0.353. The lowest BCUT2D eigenvalue weighted by Gasteiger charge is -2.25. The van der Waals surface area contributed by atoms with E-state index in [1.807, 2.05) is 0 Å². The van der Waals surface area contributed by atoms with Crippen molar-refractivity contribution in [2.24, 2.45) is 0 Å². The molecule has 14 heteroatoms. The number of anilines is 1. The predicted molar refractivity (Wildman–Crippen MR) is 108 cm³/mol. The molecular formula is C17H19FN5O6PS. The largest absolute Gasteiger partial charge is 0.611 e. The number of aliphatic hydroxyl groups excluding tert-OH is 1. The zero-order chi connectivity index (χ0) is 22.3. The number of hydrogen-bond acceptors (Lipinski definition) is 8. The van der Waals surface area contributed by atoms with E-state index in [1.54, 1.807) is 18.2 Å². The highest BCUT2D eigenvalue weighted by molar-refractivity contribution is 7.98. The summed E-state index contributed by atoms with van der Waals surface area (Å²) in [4.78, 5) is 29.9. The number of aliphatic hydroxyl groups is 1. The van der Waals surface area contributed by atoms with E-state index in [9.17, 15) is 28.4 Å². The van der Waals surface area contributed by atoms with Crippen molar-refractivity contribution in [3.05, 3.63) is 43.0 Å². The Labute approximate surface area is 178 Å². The van der Waals surface area contributed by atoms with E-state index in [4.69, 9.17) is 10.5 Å². The van der Waals surface area contributed by atoms with Crippen molar-refractivity contribution in [2.45, 2.75) is 40.9 Å². The first-order valence-corrected chi connectivity index (χ1v) is 12.0. The number of halogens is 1. The van der Waals surface area contributed by atoms with Gasteiger partial charge in [-0.15, -0.1) is 0 Å². The molecule has 0 spiro atoms. The van der Waals surface area contributed by atoms with E-state index in [-0.39, 0.29) is 21.9 Å². The number of imidazole rings is 1. The Balaban J connectivity index is 1.60. The van der Waals surface area contributed by atoms with E-state index in [0.29, 0.717) is 0 Å². The second-order valence-electron chi connectivity index (χ2n) is 6.97. The Morgan fingerprint density at radius 1 is 1.29 bits per heavy atom. The number of hydrogen-bond donors (Lipinski definition) is 4. The molecule has 0 saturated carbocycles. The molecule has 0 amide bonds. The molecule has 0 aliphatic carbocycles. The number of ether oxygens (including phenoxy) is 1. The summed E-state index contributed by atoms with van der Waals surface area (Å²) in [6, 6.07) is 7.73. The highest BCUT2D eigenvalue weighted by Gasteiger charge is 2.51. The highest BCUT2D eigenvalue weighted by Crippen LogP contribution is 2.50. The van der Waals surface area contributed by atoms with E-state index >= 15 is 0 Å². The summed E-state index contributed by atoms with van der Waals surface area (Å²) in [5, 5.41) is 10.4. The Kier molecular flexibility index (Phi) is 6.01. The topological polar surface area (TPSA) is 180 Å². The Hall–Kier alpha value is -2.12. The third-order valence-electron chi connectivity index (χ3n) is 4.98.